The quantitative estimate of drug-likeness (QED) is 0.637. The van der Waals surface area contributed by atoms with Gasteiger partial charge in [-0.3, -0.25) is 10.4 Å². The third-order valence-electron chi connectivity index (χ3n) is 3.86. The van der Waals surface area contributed by atoms with Gasteiger partial charge in [-0.15, -0.1) is 0 Å². The van der Waals surface area contributed by atoms with Crippen LogP contribution in [0.3, 0.4) is 0 Å². The maximum absolute atomic E-state index is 7.37. The monoisotopic (exact) mass is 247 g/mol. The van der Waals surface area contributed by atoms with Crippen molar-refractivity contribution in [3.63, 3.8) is 0 Å². The minimum atomic E-state index is -0.0221. The summed E-state index contributed by atoms with van der Waals surface area (Å²) in [7, 11) is 0. The van der Waals surface area contributed by atoms with Crippen LogP contribution in [0.15, 0.2) is 18.3 Å². The number of nitrogen functional groups attached to an aromatic ring is 1. The van der Waals surface area contributed by atoms with Crippen molar-refractivity contribution < 1.29 is 4.74 Å². The lowest BCUT2D eigenvalue weighted by Gasteiger charge is -2.32. The molecule has 0 bridgehead atoms. The van der Waals surface area contributed by atoms with E-state index < -0.39 is 0 Å². The molecule has 0 aromatic carbocycles. The van der Waals surface area contributed by atoms with E-state index in [1.165, 1.54) is 6.42 Å². The Morgan fingerprint density at radius 3 is 2.83 bits per heavy atom. The average molecular weight is 247 g/mol. The molecule has 1 aliphatic carbocycles. The summed E-state index contributed by atoms with van der Waals surface area (Å²) in [5.41, 5.74) is 5.90. The predicted molar refractivity (Wildman–Crippen MR) is 71.8 cm³/mol. The largest absolute Gasteiger partial charge is 0.490 e. The fourth-order valence-corrected chi connectivity index (χ4v) is 2.43. The SMILES string of the molecule is CC1CCC(Oc2ccnc(C(=N)N)c2)CC1C. The van der Waals surface area contributed by atoms with Gasteiger partial charge in [-0.05, 0) is 37.2 Å². The van der Waals surface area contributed by atoms with Crippen molar-refractivity contribution >= 4 is 5.84 Å². The van der Waals surface area contributed by atoms with Crippen LogP contribution < -0.4 is 10.5 Å². The van der Waals surface area contributed by atoms with Gasteiger partial charge in [0.05, 0.1) is 6.10 Å². The molecule has 3 unspecified atom stereocenters. The van der Waals surface area contributed by atoms with Gasteiger partial charge in [0, 0.05) is 12.3 Å². The van der Waals surface area contributed by atoms with Gasteiger partial charge in [0.1, 0.15) is 17.3 Å². The molecular weight excluding hydrogens is 226 g/mol. The first-order chi connectivity index (χ1) is 8.56. The Balaban J connectivity index is 2.01. The Morgan fingerprint density at radius 1 is 1.39 bits per heavy atom. The highest BCUT2D eigenvalue weighted by Gasteiger charge is 2.25. The summed E-state index contributed by atoms with van der Waals surface area (Å²) in [6.07, 6.45) is 5.33. The van der Waals surface area contributed by atoms with E-state index in [4.69, 9.17) is 15.9 Å². The van der Waals surface area contributed by atoms with Crippen molar-refractivity contribution in [3.05, 3.63) is 24.0 Å². The molecule has 0 amide bonds. The Kier molecular flexibility index (Phi) is 3.84. The smallest absolute Gasteiger partial charge is 0.141 e. The minimum absolute atomic E-state index is 0.0221. The van der Waals surface area contributed by atoms with Crippen LogP contribution in [-0.2, 0) is 0 Å². The van der Waals surface area contributed by atoms with Gasteiger partial charge in [0.15, 0.2) is 0 Å². The second kappa shape index (κ2) is 5.38. The van der Waals surface area contributed by atoms with Crippen molar-refractivity contribution in [2.24, 2.45) is 17.6 Å². The summed E-state index contributed by atoms with van der Waals surface area (Å²) >= 11 is 0. The van der Waals surface area contributed by atoms with E-state index >= 15 is 0 Å². The third kappa shape index (κ3) is 3.00. The molecule has 98 valence electrons. The lowest BCUT2D eigenvalue weighted by atomic mass is 9.80. The summed E-state index contributed by atoms with van der Waals surface area (Å²) in [5, 5.41) is 7.37. The number of amidine groups is 1. The van der Waals surface area contributed by atoms with Crippen molar-refractivity contribution in [2.45, 2.75) is 39.2 Å². The summed E-state index contributed by atoms with van der Waals surface area (Å²) < 4.78 is 5.97. The van der Waals surface area contributed by atoms with Crippen molar-refractivity contribution in [1.29, 1.82) is 5.41 Å². The van der Waals surface area contributed by atoms with Crippen molar-refractivity contribution in [2.75, 3.05) is 0 Å². The molecule has 3 N–H and O–H groups in total. The first kappa shape index (κ1) is 12.9. The Labute approximate surface area is 108 Å². The van der Waals surface area contributed by atoms with Crippen LogP contribution in [-0.4, -0.2) is 16.9 Å². The number of rotatable bonds is 3. The van der Waals surface area contributed by atoms with Gasteiger partial charge in [0.2, 0.25) is 0 Å². The number of nitrogens with two attached hydrogens (primary N) is 1. The van der Waals surface area contributed by atoms with Crippen molar-refractivity contribution in [1.82, 2.24) is 4.98 Å². The number of hydrogen-bond donors (Lipinski definition) is 2. The molecule has 0 spiro atoms. The molecular formula is C14H21N3O. The van der Waals surface area contributed by atoms with Crippen LogP contribution in [0.5, 0.6) is 5.75 Å². The molecule has 1 heterocycles. The van der Waals surface area contributed by atoms with Crippen LogP contribution in [0.4, 0.5) is 0 Å². The van der Waals surface area contributed by atoms with Crippen LogP contribution in [0.1, 0.15) is 38.8 Å². The molecule has 1 aromatic heterocycles. The van der Waals surface area contributed by atoms with E-state index in [0.29, 0.717) is 11.6 Å². The van der Waals surface area contributed by atoms with Gasteiger partial charge >= 0.3 is 0 Å². The van der Waals surface area contributed by atoms with E-state index in [2.05, 4.69) is 18.8 Å². The minimum Gasteiger partial charge on any atom is -0.490 e. The van der Waals surface area contributed by atoms with Crippen LogP contribution in [0.2, 0.25) is 0 Å². The highest BCUT2D eigenvalue weighted by Crippen LogP contribution is 2.31. The molecule has 0 radical (unpaired) electrons. The Hall–Kier alpha value is -1.58. The zero-order valence-corrected chi connectivity index (χ0v) is 11.0. The van der Waals surface area contributed by atoms with E-state index in [0.717, 1.165) is 24.5 Å². The summed E-state index contributed by atoms with van der Waals surface area (Å²) in [6, 6.07) is 3.57. The normalized spacial score (nSPS) is 27.8. The predicted octanol–water partition coefficient (Wildman–Crippen LogP) is 2.57. The van der Waals surface area contributed by atoms with Crippen LogP contribution in [0.25, 0.3) is 0 Å². The Bertz CT molecular complexity index is 433. The molecule has 0 saturated heterocycles. The van der Waals surface area contributed by atoms with Gasteiger partial charge in [-0.1, -0.05) is 13.8 Å². The van der Waals surface area contributed by atoms with Gasteiger partial charge < -0.3 is 10.5 Å². The Morgan fingerprint density at radius 2 is 2.17 bits per heavy atom. The number of ether oxygens (including phenoxy) is 1. The molecule has 1 aromatic rings. The lowest BCUT2D eigenvalue weighted by molar-refractivity contribution is 0.100. The second-order valence-corrected chi connectivity index (χ2v) is 5.30. The molecule has 18 heavy (non-hydrogen) atoms. The molecule has 1 fully saturated rings. The molecule has 0 aliphatic heterocycles. The second-order valence-electron chi connectivity index (χ2n) is 5.30. The number of nitrogens with one attached hydrogen (secondary N) is 1. The van der Waals surface area contributed by atoms with E-state index in [9.17, 15) is 0 Å². The highest BCUT2D eigenvalue weighted by atomic mass is 16.5. The standard InChI is InChI=1S/C14H21N3O/c1-9-3-4-11(7-10(9)2)18-12-5-6-17-13(8-12)14(15)16/h5-6,8-11H,3-4,7H2,1-2H3,(H3,15,16). The summed E-state index contributed by atoms with van der Waals surface area (Å²) in [4.78, 5) is 4.03. The van der Waals surface area contributed by atoms with E-state index in [-0.39, 0.29) is 11.9 Å². The molecule has 1 saturated carbocycles. The molecule has 3 atom stereocenters. The number of pyridine rings is 1. The molecule has 4 nitrogen and oxygen atoms in total. The first-order valence-corrected chi connectivity index (χ1v) is 6.53. The number of aromatic nitrogens is 1. The van der Waals surface area contributed by atoms with Crippen LogP contribution in [0, 0.1) is 17.2 Å². The van der Waals surface area contributed by atoms with Gasteiger partial charge in [-0.25, -0.2) is 0 Å². The third-order valence-corrected chi connectivity index (χ3v) is 3.86. The van der Waals surface area contributed by atoms with Crippen LogP contribution >= 0.6 is 0 Å². The topological polar surface area (TPSA) is 72.0 Å². The summed E-state index contributed by atoms with van der Waals surface area (Å²) in [5.74, 6) is 2.24. The number of hydrogen-bond acceptors (Lipinski definition) is 3. The molecule has 1 aliphatic rings. The lowest BCUT2D eigenvalue weighted by Crippen LogP contribution is -2.28. The maximum Gasteiger partial charge on any atom is 0.141 e. The zero-order valence-electron chi connectivity index (χ0n) is 11.0. The molecule has 2 rings (SSSR count). The summed E-state index contributed by atoms with van der Waals surface area (Å²) in [6.45, 7) is 4.59. The number of nitrogens with zero attached hydrogens (tertiary/aromatic N) is 1. The zero-order chi connectivity index (χ0) is 13.1. The fraction of sp³-hybridized carbons (Fsp3) is 0.571. The first-order valence-electron chi connectivity index (χ1n) is 6.53. The van der Waals surface area contributed by atoms with Gasteiger partial charge in [-0.2, -0.15) is 0 Å². The van der Waals surface area contributed by atoms with Crippen molar-refractivity contribution in [3.8, 4) is 5.75 Å². The fourth-order valence-electron chi connectivity index (χ4n) is 2.43. The van der Waals surface area contributed by atoms with E-state index in [1.54, 1.807) is 12.3 Å². The maximum atomic E-state index is 7.37. The van der Waals surface area contributed by atoms with Gasteiger partial charge in [0.25, 0.3) is 0 Å². The molecule has 4 heteroatoms. The van der Waals surface area contributed by atoms with E-state index in [1.807, 2.05) is 6.07 Å². The highest BCUT2D eigenvalue weighted by molar-refractivity contribution is 5.93. The average Bonchev–Trinajstić information content (AvgIpc) is 2.34.